The molecule has 0 aliphatic heterocycles. The van der Waals surface area contributed by atoms with E-state index in [4.69, 9.17) is 4.74 Å². The maximum absolute atomic E-state index is 11.4. The molecule has 2 atom stereocenters. The Bertz CT molecular complexity index is 336. The molecule has 1 heterocycles. The Morgan fingerprint density at radius 2 is 2.27 bits per heavy atom. The largest absolute Gasteiger partial charge is 0.460 e. The number of carbonyl (C=O) groups excluding carboxylic acids is 1. The predicted octanol–water partition coefficient (Wildman–Crippen LogP) is -0.208. The molecule has 0 amide bonds. The summed E-state index contributed by atoms with van der Waals surface area (Å²) in [5.74, 6) is -0.583. The van der Waals surface area contributed by atoms with Crippen LogP contribution in [0.4, 0.5) is 0 Å². The average molecular weight is 214 g/mol. The quantitative estimate of drug-likeness (QED) is 0.697. The number of ether oxygens (including phenoxy) is 1. The molecule has 7 nitrogen and oxygen atoms in total. The summed E-state index contributed by atoms with van der Waals surface area (Å²) in [6.45, 7) is 5.27. The first-order valence-corrected chi connectivity index (χ1v) is 4.71. The number of esters is 1. The molecule has 1 aromatic heterocycles. The monoisotopic (exact) mass is 214 g/mol. The minimum absolute atomic E-state index is 0.00486. The molecule has 0 aromatic carbocycles. The van der Waals surface area contributed by atoms with E-state index in [2.05, 4.69) is 15.5 Å². The van der Waals surface area contributed by atoms with Gasteiger partial charge in [0.25, 0.3) is 5.82 Å². The van der Waals surface area contributed by atoms with Crippen LogP contribution in [-0.2, 0) is 4.74 Å². The average Bonchev–Trinajstić information content (AvgIpc) is 2.65. The second kappa shape index (κ2) is 4.83. The Hall–Kier alpha value is -1.50. The molecule has 1 N–H and O–H groups in total. The zero-order chi connectivity index (χ0) is 11.4. The first kappa shape index (κ1) is 11.6. The number of aliphatic hydroxyl groups excluding tert-OH is 1. The van der Waals surface area contributed by atoms with Gasteiger partial charge in [-0.15, -0.1) is 5.10 Å². The summed E-state index contributed by atoms with van der Waals surface area (Å²) >= 11 is 0. The highest BCUT2D eigenvalue weighted by molar-refractivity contribution is 5.85. The molecule has 0 saturated heterocycles. The van der Waals surface area contributed by atoms with Crippen LogP contribution in [0.25, 0.3) is 0 Å². The van der Waals surface area contributed by atoms with Gasteiger partial charge >= 0.3 is 5.97 Å². The van der Waals surface area contributed by atoms with Crippen molar-refractivity contribution in [1.82, 2.24) is 20.2 Å². The summed E-state index contributed by atoms with van der Waals surface area (Å²) in [6, 6.07) is -0.376. The minimum Gasteiger partial charge on any atom is -0.460 e. The summed E-state index contributed by atoms with van der Waals surface area (Å²) in [5, 5.41) is 19.9. The summed E-state index contributed by atoms with van der Waals surface area (Å²) < 4.78 is 6.03. The normalized spacial score (nSPS) is 14.7. The van der Waals surface area contributed by atoms with E-state index in [0.717, 1.165) is 0 Å². The van der Waals surface area contributed by atoms with Crippen molar-refractivity contribution in [3.8, 4) is 0 Å². The second-order valence-corrected chi connectivity index (χ2v) is 3.15. The third-order valence-corrected chi connectivity index (χ3v) is 2.03. The maximum atomic E-state index is 11.4. The zero-order valence-corrected chi connectivity index (χ0v) is 8.91. The smallest absolute Gasteiger partial charge is 0.378 e. The van der Waals surface area contributed by atoms with E-state index in [1.807, 2.05) is 0 Å². The van der Waals surface area contributed by atoms with Gasteiger partial charge in [-0.2, -0.15) is 0 Å². The third kappa shape index (κ3) is 2.50. The number of hydrogen-bond donors (Lipinski definition) is 1. The number of aromatic nitrogens is 4. The maximum Gasteiger partial charge on any atom is 0.378 e. The fourth-order valence-corrected chi connectivity index (χ4v) is 1.00. The van der Waals surface area contributed by atoms with Crippen LogP contribution >= 0.6 is 0 Å². The van der Waals surface area contributed by atoms with Gasteiger partial charge in [-0.25, -0.2) is 9.48 Å². The summed E-state index contributed by atoms with van der Waals surface area (Å²) in [5.41, 5.74) is 0. The van der Waals surface area contributed by atoms with Crippen molar-refractivity contribution < 1.29 is 14.6 Å². The van der Waals surface area contributed by atoms with E-state index in [1.165, 1.54) is 4.68 Å². The van der Waals surface area contributed by atoms with Crippen molar-refractivity contribution >= 4 is 5.97 Å². The molecule has 0 bridgehead atoms. The number of aliphatic hydroxyl groups is 1. The van der Waals surface area contributed by atoms with Gasteiger partial charge in [-0.1, -0.05) is 0 Å². The van der Waals surface area contributed by atoms with Gasteiger partial charge < -0.3 is 9.84 Å². The topological polar surface area (TPSA) is 90.1 Å². The number of hydrogen-bond acceptors (Lipinski definition) is 6. The highest BCUT2D eigenvalue weighted by atomic mass is 16.5. The molecule has 0 saturated carbocycles. The molecular formula is C8H14N4O3. The first-order valence-electron chi connectivity index (χ1n) is 4.71. The van der Waals surface area contributed by atoms with Gasteiger partial charge in [-0.3, -0.25) is 0 Å². The Kier molecular flexibility index (Phi) is 3.73. The molecule has 1 rings (SSSR count). The van der Waals surface area contributed by atoms with Crippen LogP contribution in [0.2, 0.25) is 0 Å². The van der Waals surface area contributed by atoms with E-state index in [0.29, 0.717) is 0 Å². The van der Waals surface area contributed by atoms with Crippen LogP contribution in [0, 0.1) is 0 Å². The van der Waals surface area contributed by atoms with Gasteiger partial charge in [0.05, 0.1) is 18.8 Å². The summed E-state index contributed by atoms with van der Waals surface area (Å²) in [4.78, 5) is 11.4. The number of tetrazole rings is 1. The van der Waals surface area contributed by atoms with Crippen LogP contribution in [0.1, 0.15) is 37.4 Å². The fraction of sp³-hybridized carbons (Fsp3) is 0.750. The lowest BCUT2D eigenvalue weighted by Gasteiger charge is -2.15. The number of nitrogens with zero attached hydrogens (tertiary/aromatic N) is 4. The lowest BCUT2D eigenvalue weighted by molar-refractivity contribution is 0.0491. The SMILES string of the molecule is CCOC(=O)c1nnnn1C(C)C(C)O. The molecular weight excluding hydrogens is 200 g/mol. The highest BCUT2D eigenvalue weighted by Gasteiger charge is 2.22. The molecule has 2 unspecified atom stereocenters. The fourth-order valence-electron chi connectivity index (χ4n) is 1.00. The van der Waals surface area contributed by atoms with E-state index in [9.17, 15) is 9.90 Å². The van der Waals surface area contributed by atoms with Crippen LogP contribution in [0.5, 0.6) is 0 Å². The van der Waals surface area contributed by atoms with Gasteiger partial charge in [0.1, 0.15) is 0 Å². The molecule has 0 aliphatic carbocycles. The standard InChI is InChI=1S/C8H14N4O3/c1-4-15-8(14)7-9-10-11-12(7)5(2)6(3)13/h5-6,13H,4H2,1-3H3. The van der Waals surface area contributed by atoms with E-state index in [-0.39, 0.29) is 18.5 Å². The van der Waals surface area contributed by atoms with E-state index < -0.39 is 12.1 Å². The molecule has 0 fully saturated rings. The van der Waals surface area contributed by atoms with E-state index >= 15 is 0 Å². The Morgan fingerprint density at radius 3 is 2.80 bits per heavy atom. The Morgan fingerprint density at radius 1 is 1.60 bits per heavy atom. The minimum atomic E-state index is -0.651. The lowest BCUT2D eigenvalue weighted by atomic mass is 10.2. The van der Waals surface area contributed by atoms with Crippen molar-refractivity contribution in [3.63, 3.8) is 0 Å². The van der Waals surface area contributed by atoms with Crippen molar-refractivity contribution in [2.75, 3.05) is 6.61 Å². The van der Waals surface area contributed by atoms with Gasteiger partial charge in [0.2, 0.25) is 0 Å². The molecule has 15 heavy (non-hydrogen) atoms. The van der Waals surface area contributed by atoms with Crippen LogP contribution < -0.4 is 0 Å². The van der Waals surface area contributed by atoms with Crippen LogP contribution in [-0.4, -0.2) is 44.0 Å². The Balaban J connectivity index is 2.91. The molecule has 1 aromatic rings. The molecule has 0 aliphatic rings. The zero-order valence-electron chi connectivity index (χ0n) is 8.91. The van der Waals surface area contributed by atoms with Gasteiger partial charge in [-0.05, 0) is 31.2 Å². The summed E-state index contributed by atoms with van der Waals surface area (Å²) in [7, 11) is 0. The van der Waals surface area contributed by atoms with Crippen molar-refractivity contribution in [3.05, 3.63) is 5.82 Å². The number of carbonyl (C=O) groups is 1. The second-order valence-electron chi connectivity index (χ2n) is 3.15. The first-order chi connectivity index (χ1) is 7.07. The molecule has 84 valence electrons. The highest BCUT2D eigenvalue weighted by Crippen LogP contribution is 2.11. The van der Waals surface area contributed by atoms with Crippen LogP contribution in [0.15, 0.2) is 0 Å². The Labute approximate surface area is 87.0 Å². The third-order valence-electron chi connectivity index (χ3n) is 2.03. The van der Waals surface area contributed by atoms with Crippen molar-refractivity contribution in [1.29, 1.82) is 0 Å². The lowest BCUT2D eigenvalue weighted by Crippen LogP contribution is -2.24. The number of rotatable bonds is 4. The molecule has 0 spiro atoms. The molecule has 0 radical (unpaired) electrons. The predicted molar refractivity (Wildman–Crippen MR) is 50.2 cm³/mol. The summed E-state index contributed by atoms with van der Waals surface area (Å²) in [6.07, 6.45) is -0.651. The van der Waals surface area contributed by atoms with E-state index in [1.54, 1.807) is 20.8 Å². The van der Waals surface area contributed by atoms with Gasteiger partial charge in [0.15, 0.2) is 0 Å². The van der Waals surface area contributed by atoms with Crippen molar-refractivity contribution in [2.45, 2.75) is 32.9 Å². The van der Waals surface area contributed by atoms with Crippen molar-refractivity contribution in [2.24, 2.45) is 0 Å². The molecule has 7 heteroatoms. The van der Waals surface area contributed by atoms with Crippen LogP contribution in [0.3, 0.4) is 0 Å². The van der Waals surface area contributed by atoms with Gasteiger partial charge in [0, 0.05) is 0 Å².